The highest BCUT2D eigenvalue weighted by Gasteiger charge is 2.20. The third-order valence-electron chi connectivity index (χ3n) is 5.42. The molecule has 0 aliphatic heterocycles. The maximum Gasteiger partial charge on any atom is 0.253 e. The minimum Gasteiger partial charge on any atom is -0.344 e. The molecule has 1 heterocycles. The summed E-state index contributed by atoms with van der Waals surface area (Å²) in [6.07, 6.45) is 3.59. The van der Waals surface area contributed by atoms with Crippen molar-refractivity contribution in [3.8, 4) is 11.3 Å². The van der Waals surface area contributed by atoms with Gasteiger partial charge in [0.25, 0.3) is 5.91 Å². The van der Waals surface area contributed by atoms with E-state index < -0.39 is 6.04 Å². The average molecular weight is 471 g/mol. The maximum absolute atomic E-state index is 13.1. The van der Waals surface area contributed by atoms with E-state index >= 15 is 0 Å². The van der Waals surface area contributed by atoms with E-state index in [0.717, 1.165) is 42.6 Å². The lowest BCUT2D eigenvalue weighted by Crippen LogP contribution is -2.45. The second kappa shape index (κ2) is 11.6. The zero-order chi connectivity index (χ0) is 23.8. The first-order valence-corrected chi connectivity index (χ1v) is 11.3. The molecule has 3 rings (SSSR count). The van der Waals surface area contributed by atoms with Crippen LogP contribution >= 0.6 is 11.6 Å². The Kier molecular flexibility index (Phi) is 8.60. The van der Waals surface area contributed by atoms with E-state index in [1.54, 1.807) is 55.3 Å². The molecule has 0 aliphatic carbocycles. The molecule has 0 radical (unpaired) electrons. The third kappa shape index (κ3) is 6.89. The number of likely N-dealkylation sites (N-methyl/N-ethyl adjacent to an activating group) is 1. The number of carbonyl (C=O) groups excluding carboxylic acids is 2. The summed E-state index contributed by atoms with van der Waals surface area (Å²) in [7, 11) is 1.74. The van der Waals surface area contributed by atoms with Crippen molar-refractivity contribution in [1.82, 2.24) is 20.4 Å². The molecule has 2 N–H and O–H groups in total. The minimum absolute atomic E-state index is 0.145. The molecule has 1 atom stereocenters. The van der Waals surface area contributed by atoms with Crippen LogP contribution in [0.3, 0.4) is 0 Å². The van der Waals surface area contributed by atoms with Gasteiger partial charge in [0.1, 0.15) is 11.9 Å². The average Bonchev–Trinajstić information content (AvgIpc) is 3.27. The van der Waals surface area contributed by atoms with Gasteiger partial charge in [0, 0.05) is 24.8 Å². The fourth-order valence-electron chi connectivity index (χ4n) is 3.52. The second-order valence-electron chi connectivity index (χ2n) is 8.03. The van der Waals surface area contributed by atoms with E-state index in [4.69, 9.17) is 11.6 Å². The van der Waals surface area contributed by atoms with Crippen molar-refractivity contribution >= 4 is 23.4 Å². The standard InChI is InChI=1S/C25H28ClFN4O2/c1-17(28-24(32)21-9-5-6-10-22(21)26)25(33)31(2)15-7-3-4-8-20-16-23(30-29-20)18-11-13-19(27)14-12-18/h5-6,9-14,16-17H,3-4,7-8,15H2,1-2H3,(H,28,32)(H,29,30). The molecule has 0 aliphatic rings. The molecule has 0 spiro atoms. The van der Waals surface area contributed by atoms with Crippen molar-refractivity contribution in [1.29, 1.82) is 0 Å². The van der Waals surface area contributed by atoms with Crippen LogP contribution < -0.4 is 5.32 Å². The summed E-state index contributed by atoms with van der Waals surface area (Å²) in [5, 5.41) is 10.4. The van der Waals surface area contributed by atoms with Crippen molar-refractivity contribution in [2.24, 2.45) is 0 Å². The smallest absolute Gasteiger partial charge is 0.253 e. The minimum atomic E-state index is -0.645. The molecular weight excluding hydrogens is 443 g/mol. The zero-order valence-electron chi connectivity index (χ0n) is 18.8. The number of hydrogen-bond donors (Lipinski definition) is 2. The maximum atomic E-state index is 13.1. The fourth-order valence-corrected chi connectivity index (χ4v) is 3.74. The number of halogens is 2. The number of H-pyrrole nitrogens is 1. The fraction of sp³-hybridized carbons (Fsp3) is 0.320. The van der Waals surface area contributed by atoms with Crippen LogP contribution in [0, 0.1) is 5.82 Å². The summed E-state index contributed by atoms with van der Waals surface area (Å²) in [4.78, 5) is 26.6. The molecule has 0 saturated carbocycles. The summed E-state index contributed by atoms with van der Waals surface area (Å²) in [6, 6.07) is 14.3. The summed E-state index contributed by atoms with van der Waals surface area (Å²) in [6.45, 7) is 2.28. The second-order valence-corrected chi connectivity index (χ2v) is 8.44. The SMILES string of the molecule is CC(NC(=O)c1ccccc1Cl)C(=O)N(C)CCCCCc1cc(-c2ccc(F)cc2)n[nH]1. The van der Waals surface area contributed by atoms with Gasteiger partial charge >= 0.3 is 0 Å². The summed E-state index contributed by atoms with van der Waals surface area (Å²) >= 11 is 6.05. The van der Waals surface area contributed by atoms with Crippen LogP contribution in [0.2, 0.25) is 5.02 Å². The third-order valence-corrected chi connectivity index (χ3v) is 5.75. The van der Waals surface area contributed by atoms with Gasteiger partial charge in [-0.15, -0.1) is 0 Å². The Labute approximate surface area is 198 Å². The van der Waals surface area contributed by atoms with Crippen molar-refractivity contribution in [2.75, 3.05) is 13.6 Å². The van der Waals surface area contributed by atoms with E-state index in [0.29, 0.717) is 17.1 Å². The summed E-state index contributed by atoms with van der Waals surface area (Å²) in [5.41, 5.74) is 3.04. The zero-order valence-corrected chi connectivity index (χ0v) is 19.5. The predicted molar refractivity (Wildman–Crippen MR) is 128 cm³/mol. The number of aryl methyl sites for hydroxylation is 1. The van der Waals surface area contributed by atoms with Crippen LogP contribution in [0.15, 0.2) is 54.6 Å². The predicted octanol–water partition coefficient (Wildman–Crippen LogP) is 4.86. The molecule has 2 amide bonds. The Hall–Kier alpha value is -3.19. The number of unbranched alkanes of at least 4 members (excludes halogenated alkanes) is 2. The van der Waals surface area contributed by atoms with Crippen LogP contribution in [0.1, 0.15) is 42.2 Å². The number of nitrogens with one attached hydrogen (secondary N) is 2. The van der Waals surface area contributed by atoms with Gasteiger partial charge in [-0.1, -0.05) is 30.2 Å². The molecule has 8 heteroatoms. The lowest BCUT2D eigenvalue weighted by molar-refractivity contribution is -0.131. The van der Waals surface area contributed by atoms with Crippen LogP contribution in [0.25, 0.3) is 11.3 Å². The largest absolute Gasteiger partial charge is 0.344 e. The number of aromatic amines is 1. The number of benzene rings is 2. The molecule has 1 unspecified atom stereocenters. The van der Waals surface area contributed by atoms with E-state index in [-0.39, 0.29) is 17.6 Å². The first-order valence-electron chi connectivity index (χ1n) is 11.0. The van der Waals surface area contributed by atoms with E-state index in [2.05, 4.69) is 15.5 Å². The highest BCUT2D eigenvalue weighted by atomic mass is 35.5. The number of carbonyl (C=O) groups is 2. The van der Waals surface area contributed by atoms with Crippen molar-refractivity contribution in [2.45, 2.75) is 38.6 Å². The molecule has 2 aromatic carbocycles. The molecular formula is C25H28ClFN4O2. The number of hydrogen-bond acceptors (Lipinski definition) is 3. The van der Waals surface area contributed by atoms with Gasteiger partial charge in [-0.2, -0.15) is 5.10 Å². The van der Waals surface area contributed by atoms with Gasteiger partial charge in [-0.05, 0) is 68.7 Å². The Morgan fingerprint density at radius 3 is 2.58 bits per heavy atom. The van der Waals surface area contributed by atoms with Gasteiger partial charge in [-0.3, -0.25) is 14.7 Å². The first-order chi connectivity index (χ1) is 15.8. The van der Waals surface area contributed by atoms with Crippen LogP contribution in [0.4, 0.5) is 4.39 Å². The van der Waals surface area contributed by atoms with Crippen LogP contribution in [0.5, 0.6) is 0 Å². The topological polar surface area (TPSA) is 78.1 Å². The Morgan fingerprint density at radius 2 is 1.85 bits per heavy atom. The van der Waals surface area contributed by atoms with Crippen molar-refractivity contribution < 1.29 is 14.0 Å². The van der Waals surface area contributed by atoms with Gasteiger partial charge in [0.2, 0.25) is 5.91 Å². The molecule has 6 nitrogen and oxygen atoms in total. The summed E-state index contributed by atoms with van der Waals surface area (Å²) in [5.74, 6) is -0.780. The molecule has 3 aromatic rings. The van der Waals surface area contributed by atoms with Gasteiger partial charge in [0.05, 0.1) is 16.3 Å². The number of nitrogens with zero attached hydrogens (tertiary/aromatic N) is 2. The molecule has 1 aromatic heterocycles. The van der Waals surface area contributed by atoms with Crippen molar-refractivity contribution in [3.63, 3.8) is 0 Å². The van der Waals surface area contributed by atoms with E-state index in [1.165, 1.54) is 12.1 Å². The molecule has 0 bridgehead atoms. The lowest BCUT2D eigenvalue weighted by atomic mass is 10.1. The first kappa shape index (κ1) is 24.5. The molecule has 0 saturated heterocycles. The van der Waals surface area contributed by atoms with Crippen molar-refractivity contribution in [3.05, 3.63) is 76.7 Å². The van der Waals surface area contributed by atoms with Gasteiger partial charge < -0.3 is 10.2 Å². The summed E-state index contributed by atoms with van der Waals surface area (Å²) < 4.78 is 13.1. The Morgan fingerprint density at radius 1 is 1.12 bits per heavy atom. The number of aromatic nitrogens is 2. The number of amides is 2. The highest BCUT2D eigenvalue weighted by molar-refractivity contribution is 6.33. The molecule has 0 fully saturated rings. The van der Waals surface area contributed by atoms with Gasteiger partial charge in [0.15, 0.2) is 0 Å². The molecule has 174 valence electrons. The molecule has 33 heavy (non-hydrogen) atoms. The van der Waals surface area contributed by atoms with Crippen LogP contribution in [-0.4, -0.2) is 46.5 Å². The van der Waals surface area contributed by atoms with Crippen LogP contribution in [-0.2, 0) is 11.2 Å². The lowest BCUT2D eigenvalue weighted by Gasteiger charge is -2.22. The monoisotopic (exact) mass is 470 g/mol. The Balaban J connectivity index is 1.37. The highest BCUT2D eigenvalue weighted by Crippen LogP contribution is 2.19. The van der Waals surface area contributed by atoms with E-state index in [9.17, 15) is 14.0 Å². The normalized spacial score (nSPS) is 11.8. The Bertz CT molecular complexity index is 1080. The van der Waals surface area contributed by atoms with Gasteiger partial charge in [-0.25, -0.2) is 4.39 Å². The quantitative estimate of drug-likeness (QED) is 0.415. The van der Waals surface area contributed by atoms with E-state index in [1.807, 2.05) is 6.07 Å². The number of rotatable bonds is 10.